The zero-order chi connectivity index (χ0) is 38.5. The molecular formula is C40H50N10O4. The molecule has 54 heavy (non-hydrogen) atoms. The Morgan fingerprint density at radius 2 is 1.15 bits per heavy atom. The molecule has 2 aliphatic rings. The first-order chi connectivity index (χ1) is 26.0. The van der Waals surface area contributed by atoms with Crippen molar-refractivity contribution in [1.82, 2.24) is 51.0 Å². The van der Waals surface area contributed by atoms with E-state index in [0.717, 1.165) is 52.3 Å². The Morgan fingerprint density at radius 3 is 1.65 bits per heavy atom. The van der Waals surface area contributed by atoms with Crippen LogP contribution in [0.15, 0.2) is 73.1 Å². The lowest BCUT2D eigenvalue weighted by Crippen LogP contribution is -2.53. The largest absolute Gasteiger partial charge is 0.341 e. The average molecular weight is 735 g/mol. The quantitative estimate of drug-likeness (QED) is 0.116. The Bertz CT molecular complexity index is 1980. The molecule has 6 N–H and O–H groups in total. The van der Waals surface area contributed by atoms with Gasteiger partial charge in [0.05, 0.1) is 29.8 Å². The van der Waals surface area contributed by atoms with E-state index < -0.39 is 18.1 Å². The number of nitrogens with zero attached hydrogens (tertiary/aromatic N) is 4. The van der Waals surface area contributed by atoms with Crippen LogP contribution >= 0.6 is 0 Å². The minimum absolute atomic E-state index is 0.0648. The lowest BCUT2D eigenvalue weighted by Gasteiger charge is -2.30. The number of hydrogen-bond donors (Lipinski definition) is 6. The Kier molecular flexibility index (Phi) is 11.5. The summed E-state index contributed by atoms with van der Waals surface area (Å²) in [4.78, 5) is 70.8. The molecule has 0 aliphatic carbocycles. The number of likely N-dealkylation sites (tertiary alicyclic amines) is 1. The second-order valence-corrected chi connectivity index (χ2v) is 14.5. The van der Waals surface area contributed by atoms with Crippen molar-refractivity contribution in [2.45, 2.75) is 64.7 Å². The molecule has 14 heteroatoms. The highest BCUT2D eigenvalue weighted by Crippen LogP contribution is 2.34. The van der Waals surface area contributed by atoms with Crippen LogP contribution in [0.5, 0.6) is 0 Å². The minimum Gasteiger partial charge on any atom is -0.341 e. The van der Waals surface area contributed by atoms with Gasteiger partial charge in [-0.25, -0.2) is 19.6 Å². The molecular weight excluding hydrogens is 685 g/mol. The molecule has 284 valence electrons. The van der Waals surface area contributed by atoms with E-state index in [1.807, 2.05) is 63.1 Å². The zero-order valence-corrected chi connectivity index (χ0v) is 31.6. The van der Waals surface area contributed by atoms with Crippen LogP contribution in [0, 0.1) is 11.8 Å². The summed E-state index contributed by atoms with van der Waals surface area (Å²) in [6.45, 7) is 8.72. The van der Waals surface area contributed by atoms with Crippen molar-refractivity contribution < 1.29 is 19.2 Å². The number of H-pyrrole nitrogens is 2. The topological polar surface area (TPSA) is 180 Å². The molecule has 4 atom stereocenters. The van der Waals surface area contributed by atoms with Crippen LogP contribution in [0.1, 0.15) is 64.3 Å². The minimum atomic E-state index is -0.663. The molecule has 2 aromatic carbocycles. The van der Waals surface area contributed by atoms with Crippen LogP contribution in [0.4, 0.5) is 9.59 Å². The SMILES string of the molecule is CNC(=O)NC(C(=O)N1CC=C[C@H]1c1ncc(-c2ccc(-c3ccc(-c4cnc(C5CCCN5C(=O)[C@@H](NC(=O)NC)C(C)C)[nH]4)cc3)cc2)[nH]1)C(C)C. The summed E-state index contributed by atoms with van der Waals surface area (Å²) in [6.07, 6.45) is 9.14. The van der Waals surface area contributed by atoms with Crippen molar-refractivity contribution in [3.05, 3.63) is 84.7 Å². The van der Waals surface area contributed by atoms with E-state index in [9.17, 15) is 19.2 Å². The lowest BCUT2D eigenvalue weighted by atomic mass is 10.0. The molecule has 0 radical (unpaired) electrons. The smallest absolute Gasteiger partial charge is 0.315 e. The van der Waals surface area contributed by atoms with Gasteiger partial charge in [-0.3, -0.25) is 9.59 Å². The van der Waals surface area contributed by atoms with Gasteiger partial charge in [0.2, 0.25) is 11.8 Å². The first-order valence-electron chi connectivity index (χ1n) is 18.5. The second-order valence-electron chi connectivity index (χ2n) is 14.5. The molecule has 14 nitrogen and oxygen atoms in total. The molecule has 0 bridgehead atoms. The number of imidazole rings is 2. The van der Waals surface area contributed by atoms with Crippen LogP contribution in [0.2, 0.25) is 0 Å². The van der Waals surface area contributed by atoms with Gasteiger partial charge >= 0.3 is 12.1 Å². The van der Waals surface area contributed by atoms with Gasteiger partial charge in [-0.05, 0) is 46.9 Å². The van der Waals surface area contributed by atoms with Crippen LogP contribution in [-0.2, 0) is 9.59 Å². The van der Waals surface area contributed by atoms with Gasteiger partial charge in [-0.15, -0.1) is 0 Å². The number of amides is 6. The van der Waals surface area contributed by atoms with Gasteiger partial charge in [-0.1, -0.05) is 88.4 Å². The van der Waals surface area contributed by atoms with E-state index in [4.69, 9.17) is 0 Å². The van der Waals surface area contributed by atoms with Crippen LogP contribution < -0.4 is 21.3 Å². The molecule has 2 unspecified atom stereocenters. The number of aromatic nitrogens is 4. The Labute approximate surface area is 315 Å². The molecule has 0 spiro atoms. The van der Waals surface area contributed by atoms with Crippen LogP contribution in [0.3, 0.4) is 0 Å². The maximum absolute atomic E-state index is 13.5. The predicted octanol–water partition coefficient (Wildman–Crippen LogP) is 5.14. The van der Waals surface area contributed by atoms with Gasteiger partial charge in [0, 0.05) is 27.2 Å². The third-order valence-corrected chi connectivity index (χ3v) is 10.2. The summed E-state index contributed by atoms with van der Waals surface area (Å²) in [7, 11) is 3.06. The second kappa shape index (κ2) is 16.4. The molecule has 0 saturated carbocycles. The molecule has 2 aliphatic heterocycles. The van der Waals surface area contributed by atoms with Gasteiger partial charge in [-0.2, -0.15) is 0 Å². The fourth-order valence-corrected chi connectivity index (χ4v) is 7.08. The number of urea groups is 2. The molecule has 2 aromatic heterocycles. The molecule has 1 fully saturated rings. The summed E-state index contributed by atoms with van der Waals surface area (Å²) in [6, 6.07) is 13.9. The molecule has 4 heterocycles. The third-order valence-electron chi connectivity index (χ3n) is 10.2. The summed E-state index contributed by atoms with van der Waals surface area (Å²) in [5, 5.41) is 10.7. The van der Waals surface area contributed by atoms with Gasteiger partial charge < -0.3 is 41.0 Å². The number of benzene rings is 2. The molecule has 1 saturated heterocycles. The van der Waals surface area contributed by atoms with Gasteiger partial charge in [0.1, 0.15) is 29.8 Å². The summed E-state index contributed by atoms with van der Waals surface area (Å²) in [5.74, 6) is 0.972. The van der Waals surface area contributed by atoms with Gasteiger partial charge in [0.25, 0.3) is 0 Å². The van der Waals surface area contributed by atoms with Crippen molar-refractivity contribution >= 4 is 23.9 Å². The zero-order valence-electron chi connectivity index (χ0n) is 31.6. The number of hydrogen-bond acceptors (Lipinski definition) is 6. The van der Waals surface area contributed by atoms with Crippen LogP contribution in [0.25, 0.3) is 33.6 Å². The third kappa shape index (κ3) is 8.02. The first kappa shape index (κ1) is 37.8. The van der Waals surface area contributed by atoms with Crippen molar-refractivity contribution in [3.8, 4) is 33.6 Å². The fourth-order valence-electron chi connectivity index (χ4n) is 7.08. The van der Waals surface area contributed by atoms with E-state index in [2.05, 4.69) is 77.6 Å². The van der Waals surface area contributed by atoms with E-state index in [1.165, 1.54) is 14.1 Å². The van der Waals surface area contributed by atoms with Crippen molar-refractivity contribution in [2.75, 3.05) is 27.2 Å². The lowest BCUT2D eigenvalue weighted by molar-refractivity contribution is -0.135. The fraction of sp³-hybridized carbons (Fsp3) is 0.400. The summed E-state index contributed by atoms with van der Waals surface area (Å²) < 4.78 is 0. The maximum atomic E-state index is 13.5. The van der Waals surface area contributed by atoms with E-state index in [1.54, 1.807) is 11.1 Å². The maximum Gasteiger partial charge on any atom is 0.315 e. The van der Waals surface area contributed by atoms with Gasteiger partial charge in [0.15, 0.2) is 0 Å². The van der Waals surface area contributed by atoms with Crippen molar-refractivity contribution in [3.63, 3.8) is 0 Å². The molecule has 6 amide bonds. The van der Waals surface area contributed by atoms with E-state index in [0.29, 0.717) is 18.9 Å². The number of nitrogens with one attached hydrogen (secondary N) is 6. The van der Waals surface area contributed by atoms with E-state index in [-0.39, 0.29) is 41.8 Å². The highest BCUT2D eigenvalue weighted by molar-refractivity contribution is 5.88. The summed E-state index contributed by atoms with van der Waals surface area (Å²) in [5.41, 5.74) is 5.76. The monoisotopic (exact) mass is 734 g/mol. The molecule has 4 aromatic rings. The highest BCUT2D eigenvalue weighted by atomic mass is 16.2. The average Bonchev–Trinajstić information content (AvgIpc) is 4.02. The molecule has 6 rings (SSSR count). The standard InChI is InChI=1S/C40H50N10O4/c1-23(2)33(47-39(53)41-5)37(51)49-19-7-9-31(49)35-43-21-29(45-35)27-15-11-25(12-16-27)26-13-17-28(18-14-26)30-22-44-36(46-30)32-10-8-20-50(32)38(52)34(24(3)4)48-40(54)42-6/h7,9,11-18,21-24,31-34H,8,10,19-20H2,1-6H3,(H,43,45)(H,44,46)(H2,41,47,53)(H2,42,48,54)/t31-,32?,33?,34-/m0/s1. The predicted molar refractivity (Wildman–Crippen MR) is 207 cm³/mol. The van der Waals surface area contributed by atoms with Crippen molar-refractivity contribution in [2.24, 2.45) is 11.8 Å². The first-order valence-corrected chi connectivity index (χ1v) is 18.5. The normalized spacial score (nSPS) is 17.9. The number of rotatable bonds is 11. The number of aromatic amines is 2. The Morgan fingerprint density at radius 1 is 0.685 bits per heavy atom. The van der Waals surface area contributed by atoms with Crippen molar-refractivity contribution in [1.29, 1.82) is 0 Å². The Balaban J connectivity index is 1.11. The summed E-state index contributed by atoms with van der Waals surface area (Å²) >= 11 is 0. The Hall–Kier alpha value is -5.92. The number of carbonyl (C=O) groups is 4. The highest BCUT2D eigenvalue weighted by Gasteiger charge is 2.38. The number of carbonyl (C=O) groups excluding carboxylic acids is 4. The van der Waals surface area contributed by atoms with E-state index >= 15 is 0 Å². The van der Waals surface area contributed by atoms with Crippen LogP contribution in [-0.4, -0.2) is 92.9 Å².